The summed E-state index contributed by atoms with van der Waals surface area (Å²) in [4.78, 5) is 28.5. The van der Waals surface area contributed by atoms with Crippen LogP contribution in [0.1, 0.15) is 70.6 Å². The molecule has 0 aromatic rings. The molecular formula is C18H31N3O2. The van der Waals surface area contributed by atoms with Crippen LogP contribution in [0, 0.1) is 5.92 Å². The molecule has 1 aliphatic heterocycles. The number of urea groups is 1. The SMILES string of the molecule is NC(=O)N(C1CCCCC1)C1CCN(C(=O)C2CCCC2)CC1. The molecule has 5 heteroatoms. The first-order valence-corrected chi connectivity index (χ1v) is 9.53. The van der Waals surface area contributed by atoms with Crippen molar-refractivity contribution in [2.45, 2.75) is 82.7 Å². The lowest BCUT2D eigenvalue weighted by molar-refractivity contribution is -0.136. The van der Waals surface area contributed by atoms with Gasteiger partial charge in [0.05, 0.1) is 0 Å². The van der Waals surface area contributed by atoms with E-state index in [0.717, 1.165) is 51.6 Å². The lowest BCUT2D eigenvalue weighted by Gasteiger charge is -2.43. The smallest absolute Gasteiger partial charge is 0.315 e. The fraction of sp³-hybridized carbons (Fsp3) is 0.889. The molecule has 0 spiro atoms. The highest BCUT2D eigenvalue weighted by Gasteiger charge is 2.35. The van der Waals surface area contributed by atoms with Gasteiger partial charge in [-0.25, -0.2) is 4.79 Å². The van der Waals surface area contributed by atoms with E-state index in [4.69, 9.17) is 5.73 Å². The summed E-state index contributed by atoms with van der Waals surface area (Å²) in [5.74, 6) is 0.612. The first-order chi connectivity index (χ1) is 11.2. The van der Waals surface area contributed by atoms with Gasteiger partial charge in [0.1, 0.15) is 0 Å². The third kappa shape index (κ3) is 3.81. The van der Waals surface area contributed by atoms with Crippen molar-refractivity contribution in [3.05, 3.63) is 0 Å². The second kappa shape index (κ2) is 7.54. The Morgan fingerprint density at radius 1 is 0.783 bits per heavy atom. The second-order valence-electron chi connectivity index (χ2n) is 7.58. The first-order valence-electron chi connectivity index (χ1n) is 9.53. The van der Waals surface area contributed by atoms with Crippen LogP contribution in [-0.4, -0.2) is 46.9 Å². The summed E-state index contributed by atoms with van der Waals surface area (Å²) in [6.07, 6.45) is 12.2. The van der Waals surface area contributed by atoms with Gasteiger partial charge in [0.25, 0.3) is 0 Å². The van der Waals surface area contributed by atoms with Gasteiger partial charge < -0.3 is 15.5 Å². The molecule has 2 N–H and O–H groups in total. The van der Waals surface area contributed by atoms with Crippen LogP contribution >= 0.6 is 0 Å². The Hall–Kier alpha value is -1.26. The van der Waals surface area contributed by atoms with Crippen molar-refractivity contribution in [3.63, 3.8) is 0 Å². The van der Waals surface area contributed by atoms with Gasteiger partial charge in [-0.3, -0.25) is 4.79 Å². The molecule has 0 aromatic carbocycles. The van der Waals surface area contributed by atoms with Crippen LogP contribution in [0.15, 0.2) is 0 Å². The predicted molar refractivity (Wildman–Crippen MR) is 89.9 cm³/mol. The van der Waals surface area contributed by atoms with E-state index in [-0.39, 0.29) is 18.0 Å². The van der Waals surface area contributed by atoms with Gasteiger partial charge in [0.15, 0.2) is 0 Å². The molecule has 3 fully saturated rings. The molecule has 3 rings (SSSR count). The Morgan fingerprint density at radius 3 is 1.87 bits per heavy atom. The average Bonchev–Trinajstić information content (AvgIpc) is 3.10. The Morgan fingerprint density at radius 2 is 1.30 bits per heavy atom. The Kier molecular flexibility index (Phi) is 5.44. The molecule has 2 saturated carbocycles. The van der Waals surface area contributed by atoms with Gasteiger partial charge in [-0.05, 0) is 38.5 Å². The molecule has 0 unspecified atom stereocenters. The van der Waals surface area contributed by atoms with E-state index >= 15 is 0 Å². The number of hydrogen-bond donors (Lipinski definition) is 1. The summed E-state index contributed by atoms with van der Waals surface area (Å²) in [7, 11) is 0. The van der Waals surface area contributed by atoms with Crippen LogP contribution in [0.25, 0.3) is 0 Å². The number of nitrogens with two attached hydrogens (primary N) is 1. The number of nitrogens with zero attached hydrogens (tertiary/aromatic N) is 2. The van der Waals surface area contributed by atoms with Gasteiger partial charge in [0, 0.05) is 31.1 Å². The van der Waals surface area contributed by atoms with E-state index in [1.165, 1.54) is 32.1 Å². The van der Waals surface area contributed by atoms with Crippen molar-refractivity contribution < 1.29 is 9.59 Å². The van der Waals surface area contributed by atoms with Crippen LogP contribution in [-0.2, 0) is 4.79 Å². The molecular weight excluding hydrogens is 290 g/mol. The lowest BCUT2D eigenvalue weighted by atomic mass is 9.91. The zero-order valence-electron chi connectivity index (χ0n) is 14.2. The van der Waals surface area contributed by atoms with E-state index in [1.807, 2.05) is 9.80 Å². The molecule has 0 aromatic heterocycles. The summed E-state index contributed by atoms with van der Waals surface area (Å²) < 4.78 is 0. The minimum Gasteiger partial charge on any atom is -0.351 e. The second-order valence-corrected chi connectivity index (χ2v) is 7.58. The number of carbonyl (C=O) groups excluding carboxylic acids is 2. The molecule has 2 aliphatic carbocycles. The highest BCUT2D eigenvalue weighted by molar-refractivity contribution is 5.79. The van der Waals surface area contributed by atoms with E-state index in [2.05, 4.69) is 0 Å². The third-order valence-corrected chi connectivity index (χ3v) is 6.10. The fourth-order valence-electron chi connectivity index (χ4n) is 4.81. The van der Waals surface area contributed by atoms with Crippen molar-refractivity contribution in [2.24, 2.45) is 11.7 Å². The van der Waals surface area contributed by atoms with Crippen LogP contribution in [0.3, 0.4) is 0 Å². The van der Waals surface area contributed by atoms with Crippen LogP contribution in [0.5, 0.6) is 0 Å². The lowest BCUT2D eigenvalue weighted by Crippen LogP contribution is -2.55. The summed E-state index contributed by atoms with van der Waals surface area (Å²) in [5.41, 5.74) is 5.70. The van der Waals surface area contributed by atoms with Crippen molar-refractivity contribution in [1.82, 2.24) is 9.80 Å². The van der Waals surface area contributed by atoms with E-state index in [1.54, 1.807) is 0 Å². The largest absolute Gasteiger partial charge is 0.351 e. The Bertz CT molecular complexity index is 420. The maximum atomic E-state index is 12.5. The van der Waals surface area contributed by atoms with Crippen molar-refractivity contribution in [2.75, 3.05) is 13.1 Å². The molecule has 3 amide bonds. The molecule has 1 saturated heterocycles. The van der Waals surface area contributed by atoms with Gasteiger partial charge in [0.2, 0.25) is 5.91 Å². The third-order valence-electron chi connectivity index (χ3n) is 6.10. The molecule has 130 valence electrons. The molecule has 23 heavy (non-hydrogen) atoms. The number of hydrogen-bond acceptors (Lipinski definition) is 2. The van der Waals surface area contributed by atoms with Crippen LogP contribution in [0.2, 0.25) is 0 Å². The van der Waals surface area contributed by atoms with E-state index in [9.17, 15) is 9.59 Å². The highest BCUT2D eigenvalue weighted by Crippen LogP contribution is 2.30. The quantitative estimate of drug-likeness (QED) is 0.868. The van der Waals surface area contributed by atoms with Gasteiger partial charge >= 0.3 is 6.03 Å². The molecule has 0 radical (unpaired) electrons. The number of primary amides is 1. The van der Waals surface area contributed by atoms with Crippen LogP contribution < -0.4 is 5.73 Å². The zero-order valence-corrected chi connectivity index (χ0v) is 14.2. The average molecular weight is 321 g/mol. The Balaban J connectivity index is 1.55. The topological polar surface area (TPSA) is 66.6 Å². The summed E-state index contributed by atoms with van der Waals surface area (Å²) in [6.45, 7) is 1.58. The van der Waals surface area contributed by atoms with E-state index in [0.29, 0.717) is 11.9 Å². The summed E-state index contributed by atoms with van der Waals surface area (Å²) in [6, 6.07) is 0.282. The molecule has 5 nitrogen and oxygen atoms in total. The van der Waals surface area contributed by atoms with Gasteiger partial charge in [-0.15, -0.1) is 0 Å². The van der Waals surface area contributed by atoms with Crippen molar-refractivity contribution in [3.8, 4) is 0 Å². The van der Waals surface area contributed by atoms with E-state index < -0.39 is 0 Å². The fourth-order valence-corrected chi connectivity index (χ4v) is 4.81. The normalized spacial score (nSPS) is 24.8. The summed E-state index contributed by atoms with van der Waals surface area (Å²) in [5, 5.41) is 0. The standard InChI is InChI=1S/C18H31N3O2/c19-18(23)21(15-8-2-1-3-9-15)16-10-12-20(13-11-16)17(22)14-6-4-5-7-14/h14-16H,1-13H2,(H2,19,23). The van der Waals surface area contributed by atoms with Crippen molar-refractivity contribution in [1.29, 1.82) is 0 Å². The maximum Gasteiger partial charge on any atom is 0.315 e. The molecule has 3 aliphatic rings. The highest BCUT2D eigenvalue weighted by atomic mass is 16.2. The first kappa shape index (κ1) is 16.6. The van der Waals surface area contributed by atoms with Gasteiger partial charge in [-0.2, -0.15) is 0 Å². The minimum atomic E-state index is -0.266. The number of piperidine rings is 1. The maximum absolute atomic E-state index is 12.5. The number of rotatable bonds is 3. The summed E-state index contributed by atoms with van der Waals surface area (Å²) >= 11 is 0. The van der Waals surface area contributed by atoms with Crippen LogP contribution in [0.4, 0.5) is 4.79 Å². The zero-order chi connectivity index (χ0) is 16.2. The predicted octanol–water partition coefficient (Wildman–Crippen LogP) is 2.88. The van der Waals surface area contributed by atoms with Gasteiger partial charge in [-0.1, -0.05) is 32.1 Å². The number of amides is 3. The monoisotopic (exact) mass is 321 g/mol. The Labute approximate surface area is 139 Å². The molecule has 1 heterocycles. The van der Waals surface area contributed by atoms with Crippen molar-refractivity contribution >= 4 is 11.9 Å². The number of carbonyl (C=O) groups is 2. The number of likely N-dealkylation sites (tertiary alicyclic amines) is 1. The molecule has 0 atom stereocenters. The molecule has 0 bridgehead atoms. The minimum absolute atomic E-state index is 0.225.